The van der Waals surface area contributed by atoms with E-state index in [-0.39, 0.29) is 0 Å². The van der Waals surface area contributed by atoms with Crippen LogP contribution in [-0.2, 0) is 12.8 Å². The van der Waals surface area contributed by atoms with Gasteiger partial charge in [-0.1, -0.05) is 48.5 Å². The molecule has 1 aliphatic heterocycles. The van der Waals surface area contributed by atoms with E-state index < -0.39 is 0 Å². The highest BCUT2D eigenvalue weighted by Gasteiger charge is 2.26. The number of hydrogen-bond acceptors (Lipinski definition) is 3. The zero-order valence-corrected chi connectivity index (χ0v) is 16.6. The van der Waals surface area contributed by atoms with Crippen LogP contribution in [0.2, 0.25) is 0 Å². The van der Waals surface area contributed by atoms with Gasteiger partial charge in [-0.3, -0.25) is 4.98 Å². The van der Waals surface area contributed by atoms with E-state index in [9.17, 15) is 0 Å². The first kappa shape index (κ1) is 17.7. The maximum absolute atomic E-state index is 6.09. The van der Waals surface area contributed by atoms with Crippen molar-refractivity contribution in [2.24, 2.45) is 0 Å². The van der Waals surface area contributed by atoms with Crippen LogP contribution in [0.25, 0.3) is 10.9 Å². The summed E-state index contributed by atoms with van der Waals surface area (Å²) in [6.07, 6.45) is 4.12. The Labute approximate surface area is 171 Å². The van der Waals surface area contributed by atoms with Gasteiger partial charge in [-0.2, -0.15) is 0 Å². The molecule has 4 aromatic rings. The van der Waals surface area contributed by atoms with Gasteiger partial charge in [0.15, 0.2) is 0 Å². The molecular formula is C26H24N2O. The fraction of sp³-hybridized carbons (Fsp3) is 0.192. The van der Waals surface area contributed by atoms with Crippen molar-refractivity contribution in [2.75, 3.05) is 11.4 Å². The summed E-state index contributed by atoms with van der Waals surface area (Å²) in [4.78, 5) is 7.24. The zero-order valence-electron chi connectivity index (χ0n) is 16.6. The molecule has 3 heteroatoms. The molecule has 0 fully saturated rings. The number of benzene rings is 3. The van der Waals surface area contributed by atoms with Gasteiger partial charge in [-0.05, 0) is 61.2 Å². The predicted octanol–water partition coefficient (Wildman–Crippen LogP) is 6.02. The highest BCUT2D eigenvalue weighted by atomic mass is 16.5. The Kier molecular flexibility index (Phi) is 4.65. The first-order chi connectivity index (χ1) is 14.3. The third-order valence-corrected chi connectivity index (χ3v) is 5.68. The first-order valence-corrected chi connectivity index (χ1v) is 10.2. The Balaban J connectivity index is 1.50. The number of fused-ring (bicyclic) bond motifs is 3. The van der Waals surface area contributed by atoms with Crippen LogP contribution >= 0.6 is 0 Å². The van der Waals surface area contributed by atoms with Crippen molar-refractivity contribution >= 4 is 16.6 Å². The van der Waals surface area contributed by atoms with Crippen molar-refractivity contribution in [3.05, 3.63) is 96.2 Å². The second-order valence-electron chi connectivity index (χ2n) is 7.71. The lowest BCUT2D eigenvalue weighted by Crippen LogP contribution is -2.33. The Morgan fingerprint density at radius 2 is 1.69 bits per heavy atom. The fourth-order valence-electron chi connectivity index (χ4n) is 4.27. The van der Waals surface area contributed by atoms with Crippen LogP contribution in [0.1, 0.15) is 18.1 Å². The Morgan fingerprint density at radius 3 is 2.48 bits per heavy atom. The van der Waals surface area contributed by atoms with Crippen LogP contribution in [0.4, 0.5) is 5.69 Å². The molecule has 0 aliphatic carbocycles. The SMILES string of the molecule is CC(Cc1ccccc1)N1CCc2cnc3ccc(Oc4ccccc4)cc3c21. The Morgan fingerprint density at radius 1 is 0.931 bits per heavy atom. The lowest BCUT2D eigenvalue weighted by molar-refractivity contribution is 0.483. The van der Waals surface area contributed by atoms with Crippen molar-refractivity contribution in [3.8, 4) is 11.5 Å². The highest BCUT2D eigenvalue weighted by molar-refractivity contribution is 5.95. The second kappa shape index (κ2) is 7.59. The molecule has 1 aliphatic rings. The summed E-state index contributed by atoms with van der Waals surface area (Å²) in [5.41, 5.74) is 5.04. The molecule has 0 amide bonds. The van der Waals surface area contributed by atoms with E-state index in [4.69, 9.17) is 9.72 Å². The normalized spacial score (nSPS) is 14.0. The second-order valence-corrected chi connectivity index (χ2v) is 7.71. The molecule has 144 valence electrons. The van der Waals surface area contributed by atoms with Gasteiger partial charge in [-0.15, -0.1) is 0 Å². The molecular weight excluding hydrogens is 356 g/mol. The summed E-state index contributed by atoms with van der Waals surface area (Å²) < 4.78 is 6.09. The topological polar surface area (TPSA) is 25.4 Å². The largest absolute Gasteiger partial charge is 0.457 e. The van der Waals surface area contributed by atoms with Crippen molar-refractivity contribution < 1.29 is 4.74 Å². The molecule has 0 N–H and O–H groups in total. The van der Waals surface area contributed by atoms with Crippen molar-refractivity contribution in [1.29, 1.82) is 0 Å². The monoisotopic (exact) mass is 380 g/mol. The van der Waals surface area contributed by atoms with Crippen LogP contribution < -0.4 is 9.64 Å². The minimum atomic E-state index is 0.419. The molecule has 0 saturated carbocycles. The van der Waals surface area contributed by atoms with Gasteiger partial charge in [0, 0.05) is 24.2 Å². The van der Waals surface area contributed by atoms with Crippen LogP contribution in [0.5, 0.6) is 11.5 Å². The summed E-state index contributed by atoms with van der Waals surface area (Å²) in [5, 5.41) is 1.17. The molecule has 0 saturated heterocycles. The van der Waals surface area contributed by atoms with Crippen LogP contribution in [0.3, 0.4) is 0 Å². The average molecular weight is 380 g/mol. The number of para-hydroxylation sites is 1. The maximum Gasteiger partial charge on any atom is 0.128 e. The summed E-state index contributed by atoms with van der Waals surface area (Å²) in [6.45, 7) is 3.35. The number of anilines is 1. The minimum absolute atomic E-state index is 0.419. The third-order valence-electron chi connectivity index (χ3n) is 5.68. The maximum atomic E-state index is 6.09. The Hall–Kier alpha value is -3.33. The molecule has 5 rings (SSSR count). The van der Waals surface area contributed by atoms with Crippen molar-refractivity contribution in [3.63, 3.8) is 0 Å². The number of pyridine rings is 1. The average Bonchev–Trinajstić information content (AvgIpc) is 3.20. The number of rotatable bonds is 5. The van der Waals surface area contributed by atoms with Gasteiger partial charge in [0.1, 0.15) is 11.5 Å². The van der Waals surface area contributed by atoms with E-state index in [0.29, 0.717) is 6.04 Å². The molecule has 3 nitrogen and oxygen atoms in total. The summed E-state index contributed by atoms with van der Waals surface area (Å²) >= 11 is 0. The van der Waals surface area contributed by atoms with E-state index in [0.717, 1.165) is 36.4 Å². The molecule has 29 heavy (non-hydrogen) atoms. The van der Waals surface area contributed by atoms with Gasteiger partial charge >= 0.3 is 0 Å². The predicted molar refractivity (Wildman–Crippen MR) is 119 cm³/mol. The van der Waals surface area contributed by atoms with Gasteiger partial charge in [0.25, 0.3) is 0 Å². The zero-order chi connectivity index (χ0) is 19.6. The van der Waals surface area contributed by atoms with E-state index in [1.807, 2.05) is 42.6 Å². The molecule has 1 atom stereocenters. The van der Waals surface area contributed by atoms with Crippen LogP contribution in [0.15, 0.2) is 85.1 Å². The van der Waals surface area contributed by atoms with E-state index >= 15 is 0 Å². The molecule has 1 aromatic heterocycles. The fourth-order valence-corrected chi connectivity index (χ4v) is 4.27. The minimum Gasteiger partial charge on any atom is -0.457 e. The van der Waals surface area contributed by atoms with Gasteiger partial charge < -0.3 is 9.64 Å². The lowest BCUT2D eigenvalue weighted by atomic mass is 10.0. The molecule has 0 bridgehead atoms. The standard InChI is InChI=1S/C26H24N2O/c1-19(16-20-8-4-2-5-9-20)28-15-14-21-18-27-25-13-12-23(17-24(25)26(21)28)29-22-10-6-3-7-11-22/h2-13,17-19H,14-16H2,1H3. The Bertz CT molecular complexity index is 1130. The number of ether oxygens (including phenoxy) is 1. The van der Waals surface area contributed by atoms with Crippen LogP contribution in [0, 0.1) is 0 Å². The number of hydrogen-bond donors (Lipinski definition) is 0. The van der Waals surface area contributed by atoms with Gasteiger partial charge in [0.05, 0.1) is 11.2 Å². The summed E-state index contributed by atoms with van der Waals surface area (Å²) in [7, 11) is 0. The quantitative estimate of drug-likeness (QED) is 0.423. The molecule has 3 aromatic carbocycles. The highest BCUT2D eigenvalue weighted by Crippen LogP contribution is 2.38. The van der Waals surface area contributed by atoms with E-state index in [1.54, 1.807) is 0 Å². The van der Waals surface area contributed by atoms with E-state index in [2.05, 4.69) is 54.3 Å². The summed E-state index contributed by atoms with van der Waals surface area (Å²) in [6, 6.07) is 27.3. The van der Waals surface area contributed by atoms with Gasteiger partial charge in [-0.25, -0.2) is 0 Å². The third kappa shape index (κ3) is 3.56. The van der Waals surface area contributed by atoms with Crippen LogP contribution in [-0.4, -0.2) is 17.6 Å². The number of aromatic nitrogens is 1. The van der Waals surface area contributed by atoms with Crippen molar-refractivity contribution in [1.82, 2.24) is 4.98 Å². The molecule has 2 heterocycles. The van der Waals surface area contributed by atoms with Crippen molar-refractivity contribution in [2.45, 2.75) is 25.8 Å². The van der Waals surface area contributed by atoms with E-state index in [1.165, 1.54) is 22.2 Å². The number of nitrogens with zero attached hydrogens (tertiary/aromatic N) is 2. The molecule has 1 unspecified atom stereocenters. The summed E-state index contributed by atoms with van der Waals surface area (Å²) in [5.74, 6) is 1.70. The molecule has 0 radical (unpaired) electrons. The lowest BCUT2D eigenvalue weighted by Gasteiger charge is -2.28. The molecule has 0 spiro atoms. The van der Waals surface area contributed by atoms with Gasteiger partial charge in [0.2, 0.25) is 0 Å². The smallest absolute Gasteiger partial charge is 0.128 e. The first-order valence-electron chi connectivity index (χ1n) is 10.2.